The summed E-state index contributed by atoms with van der Waals surface area (Å²) in [4.78, 5) is 0. The average Bonchev–Trinajstić information content (AvgIpc) is 2.17. The smallest absolute Gasteiger partial charge is 0.183 e. The molecule has 0 aliphatic carbocycles. The summed E-state index contributed by atoms with van der Waals surface area (Å²) in [6, 6.07) is 0. The van der Waals surface area contributed by atoms with Crippen LogP contribution in [0.1, 0.15) is 6.92 Å². The van der Waals surface area contributed by atoms with E-state index in [2.05, 4.69) is 14.0 Å². The Hall–Kier alpha value is 0.400. The third kappa shape index (κ3) is 2.24. The highest BCUT2D eigenvalue weighted by molar-refractivity contribution is 4.37. The summed E-state index contributed by atoms with van der Waals surface area (Å²) < 4.78 is 6.32. The molecule has 0 saturated carbocycles. The van der Waals surface area contributed by atoms with Crippen molar-refractivity contribution in [2.24, 2.45) is 0 Å². The lowest BCUT2D eigenvalue weighted by atomic mass is 10.5. The predicted octanol–water partition coefficient (Wildman–Crippen LogP) is -2.56. The maximum atomic E-state index is 5.22. The zero-order valence-electron chi connectivity index (χ0n) is 6.06. The molecule has 2 nitrogen and oxygen atoms in total. The van der Waals surface area contributed by atoms with Crippen LogP contribution in [0, 0.1) is 0 Å². The van der Waals surface area contributed by atoms with Crippen molar-refractivity contribution in [3.05, 3.63) is 0 Å². The molecule has 0 bridgehead atoms. The SMILES string of the molecule is CC[N+]1(C)CCOC1.[Br-]. The molecule has 1 saturated heterocycles. The first-order valence-corrected chi connectivity index (χ1v) is 3.18. The molecule has 1 aliphatic rings. The highest BCUT2D eigenvalue weighted by Crippen LogP contribution is 2.07. The van der Waals surface area contributed by atoms with Gasteiger partial charge in [-0.3, -0.25) is 0 Å². The van der Waals surface area contributed by atoms with E-state index in [4.69, 9.17) is 4.74 Å². The molecule has 0 amide bonds. The second-order valence-electron chi connectivity index (χ2n) is 2.70. The van der Waals surface area contributed by atoms with Gasteiger partial charge in [0.2, 0.25) is 0 Å². The topological polar surface area (TPSA) is 9.23 Å². The van der Waals surface area contributed by atoms with Crippen LogP contribution in [0.15, 0.2) is 0 Å². The van der Waals surface area contributed by atoms with Crippen LogP contribution in [0.5, 0.6) is 0 Å². The second-order valence-corrected chi connectivity index (χ2v) is 2.70. The molecule has 0 radical (unpaired) electrons. The van der Waals surface area contributed by atoms with Crippen molar-refractivity contribution in [1.82, 2.24) is 0 Å². The van der Waals surface area contributed by atoms with Gasteiger partial charge >= 0.3 is 0 Å². The van der Waals surface area contributed by atoms with E-state index in [-0.39, 0.29) is 17.0 Å². The number of quaternary nitrogens is 1. The van der Waals surface area contributed by atoms with Crippen LogP contribution < -0.4 is 17.0 Å². The molecule has 1 rings (SSSR count). The minimum Gasteiger partial charge on any atom is -1.00 e. The molecule has 0 aromatic rings. The van der Waals surface area contributed by atoms with Crippen molar-refractivity contribution in [2.45, 2.75) is 6.92 Å². The Labute approximate surface area is 67.2 Å². The highest BCUT2D eigenvalue weighted by atomic mass is 79.9. The van der Waals surface area contributed by atoms with Crippen LogP contribution in [-0.4, -0.2) is 38.0 Å². The van der Waals surface area contributed by atoms with Gasteiger partial charge < -0.3 is 26.2 Å². The van der Waals surface area contributed by atoms with E-state index in [1.807, 2.05) is 0 Å². The third-order valence-corrected chi connectivity index (χ3v) is 1.94. The summed E-state index contributed by atoms with van der Waals surface area (Å²) in [7, 11) is 2.23. The van der Waals surface area contributed by atoms with Crippen LogP contribution in [0.3, 0.4) is 0 Å². The minimum absolute atomic E-state index is 0. The monoisotopic (exact) mass is 195 g/mol. The van der Waals surface area contributed by atoms with Gasteiger partial charge in [0.25, 0.3) is 0 Å². The Morgan fingerprint density at radius 1 is 1.56 bits per heavy atom. The summed E-state index contributed by atoms with van der Waals surface area (Å²) in [5.74, 6) is 0. The lowest BCUT2D eigenvalue weighted by Gasteiger charge is -2.24. The second kappa shape index (κ2) is 3.54. The molecule has 56 valence electrons. The van der Waals surface area contributed by atoms with Crippen molar-refractivity contribution in [3.63, 3.8) is 0 Å². The van der Waals surface area contributed by atoms with Gasteiger partial charge in [0.15, 0.2) is 6.73 Å². The summed E-state index contributed by atoms with van der Waals surface area (Å²) >= 11 is 0. The zero-order chi connectivity index (χ0) is 6.04. The van der Waals surface area contributed by atoms with E-state index in [0.29, 0.717) is 0 Å². The maximum absolute atomic E-state index is 5.22. The van der Waals surface area contributed by atoms with E-state index >= 15 is 0 Å². The standard InChI is InChI=1S/C6H14NO.BrH/c1-3-7(2)4-5-8-6-7;/h3-6H2,1-2H3;1H/q+1;/p-1. The lowest BCUT2D eigenvalue weighted by molar-refractivity contribution is -0.904. The lowest BCUT2D eigenvalue weighted by Crippen LogP contribution is -3.00. The number of hydrogen-bond acceptors (Lipinski definition) is 1. The van der Waals surface area contributed by atoms with Crippen molar-refractivity contribution in [2.75, 3.05) is 33.5 Å². The average molecular weight is 196 g/mol. The number of likely N-dealkylation sites (N-methyl/N-ethyl adjacent to an activating group) is 1. The van der Waals surface area contributed by atoms with Gasteiger partial charge in [-0.2, -0.15) is 0 Å². The largest absolute Gasteiger partial charge is 1.00 e. The Balaban J connectivity index is 0.000000640. The van der Waals surface area contributed by atoms with Crippen molar-refractivity contribution in [3.8, 4) is 0 Å². The quantitative estimate of drug-likeness (QED) is 0.419. The number of nitrogens with zero attached hydrogens (tertiary/aromatic N) is 1. The van der Waals surface area contributed by atoms with Gasteiger partial charge in [0.05, 0.1) is 13.6 Å². The predicted molar refractivity (Wildman–Crippen MR) is 32.4 cm³/mol. The molecule has 0 aromatic carbocycles. The Morgan fingerprint density at radius 2 is 2.22 bits per heavy atom. The zero-order valence-corrected chi connectivity index (χ0v) is 7.65. The fourth-order valence-corrected chi connectivity index (χ4v) is 0.884. The van der Waals surface area contributed by atoms with Gasteiger partial charge in [-0.15, -0.1) is 0 Å². The van der Waals surface area contributed by atoms with Crippen LogP contribution in [0.25, 0.3) is 0 Å². The highest BCUT2D eigenvalue weighted by Gasteiger charge is 2.24. The van der Waals surface area contributed by atoms with E-state index in [0.717, 1.165) is 17.8 Å². The first-order valence-electron chi connectivity index (χ1n) is 3.18. The van der Waals surface area contributed by atoms with Crippen molar-refractivity contribution in [1.29, 1.82) is 0 Å². The molecule has 0 spiro atoms. The molecule has 0 N–H and O–H groups in total. The van der Waals surface area contributed by atoms with Crippen LogP contribution >= 0.6 is 0 Å². The Morgan fingerprint density at radius 3 is 2.44 bits per heavy atom. The van der Waals surface area contributed by atoms with Crippen molar-refractivity contribution < 1.29 is 26.2 Å². The number of ether oxygens (including phenoxy) is 1. The van der Waals surface area contributed by atoms with Crippen LogP contribution in [-0.2, 0) is 4.74 Å². The normalized spacial score (nSPS) is 34.0. The van der Waals surface area contributed by atoms with Gasteiger partial charge in [-0.05, 0) is 6.92 Å². The van der Waals surface area contributed by atoms with Crippen LogP contribution in [0.2, 0.25) is 0 Å². The van der Waals surface area contributed by atoms with E-state index in [9.17, 15) is 0 Å². The molecular weight excluding hydrogens is 182 g/mol. The molecule has 0 aromatic heterocycles. The van der Waals surface area contributed by atoms with E-state index < -0.39 is 0 Å². The summed E-state index contributed by atoms with van der Waals surface area (Å²) in [6.07, 6.45) is 0. The first kappa shape index (κ1) is 9.40. The number of rotatable bonds is 1. The summed E-state index contributed by atoms with van der Waals surface area (Å²) in [5.41, 5.74) is 0. The number of hydrogen-bond donors (Lipinski definition) is 0. The number of halogens is 1. The van der Waals surface area contributed by atoms with Gasteiger partial charge in [-0.25, -0.2) is 0 Å². The molecule has 9 heavy (non-hydrogen) atoms. The molecule has 1 unspecified atom stereocenters. The molecule has 1 fully saturated rings. The molecule has 3 heteroatoms. The molecular formula is C6H14BrNO. The minimum atomic E-state index is 0. The van der Waals surface area contributed by atoms with Crippen molar-refractivity contribution >= 4 is 0 Å². The Kier molecular flexibility index (Phi) is 3.70. The van der Waals surface area contributed by atoms with Crippen LogP contribution in [0.4, 0.5) is 0 Å². The fraction of sp³-hybridized carbons (Fsp3) is 1.00. The van der Waals surface area contributed by atoms with Gasteiger partial charge in [0.1, 0.15) is 13.2 Å². The van der Waals surface area contributed by atoms with Gasteiger partial charge in [0, 0.05) is 0 Å². The summed E-state index contributed by atoms with van der Waals surface area (Å²) in [5, 5.41) is 0. The molecule has 1 atom stereocenters. The fourth-order valence-electron chi connectivity index (χ4n) is 0.884. The molecule has 1 heterocycles. The van der Waals surface area contributed by atoms with E-state index in [1.54, 1.807) is 0 Å². The first-order chi connectivity index (χ1) is 3.77. The van der Waals surface area contributed by atoms with E-state index in [1.165, 1.54) is 13.1 Å². The maximum Gasteiger partial charge on any atom is 0.183 e. The van der Waals surface area contributed by atoms with Gasteiger partial charge in [-0.1, -0.05) is 0 Å². The summed E-state index contributed by atoms with van der Waals surface area (Å²) in [6.45, 7) is 6.45. The molecule has 1 aliphatic heterocycles. The third-order valence-electron chi connectivity index (χ3n) is 1.94. The Bertz CT molecular complexity index is 81.1.